The molecule has 3 aromatic rings. The van der Waals surface area contributed by atoms with Gasteiger partial charge in [-0.1, -0.05) is 30.3 Å². The summed E-state index contributed by atoms with van der Waals surface area (Å²) in [4.78, 5) is 12.6. The number of hydrogen-bond donors (Lipinski definition) is 1. The van der Waals surface area contributed by atoms with E-state index in [2.05, 4.69) is 10.5 Å². The summed E-state index contributed by atoms with van der Waals surface area (Å²) >= 11 is 0. The zero-order valence-electron chi connectivity index (χ0n) is 18.3. The Bertz CT molecular complexity index is 1200. The summed E-state index contributed by atoms with van der Waals surface area (Å²) in [6.45, 7) is 1.86. The van der Waals surface area contributed by atoms with E-state index >= 15 is 0 Å². The van der Waals surface area contributed by atoms with Crippen LogP contribution in [0, 0.1) is 0 Å². The van der Waals surface area contributed by atoms with Gasteiger partial charge in [-0.2, -0.15) is 5.10 Å². The molecule has 172 valence electrons. The molecule has 0 spiro atoms. The number of hydrazone groups is 1. The van der Waals surface area contributed by atoms with Gasteiger partial charge < -0.3 is 9.47 Å². The van der Waals surface area contributed by atoms with E-state index < -0.39 is 22.5 Å². The Labute approximate surface area is 193 Å². The normalized spacial score (nSPS) is 11.2. The summed E-state index contributed by atoms with van der Waals surface area (Å²) in [6.07, 6.45) is 1.44. The maximum atomic E-state index is 13.4. The van der Waals surface area contributed by atoms with Crippen LogP contribution in [0.3, 0.4) is 0 Å². The Hall–Kier alpha value is -3.85. The van der Waals surface area contributed by atoms with Gasteiger partial charge in [0.25, 0.3) is 15.9 Å². The largest absolute Gasteiger partial charge is 0.496 e. The molecule has 0 unspecified atom stereocenters. The highest BCUT2D eigenvalue weighted by atomic mass is 32.2. The molecule has 0 fully saturated rings. The number of ether oxygens (including phenoxy) is 2. The number of amides is 1. The smallest absolute Gasteiger partial charge is 0.264 e. The molecule has 3 rings (SSSR count). The molecule has 0 radical (unpaired) electrons. The molecule has 0 heterocycles. The van der Waals surface area contributed by atoms with Crippen molar-refractivity contribution in [1.82, 2.24) is 5.43 Å². The second-order valence-electron chi connectivity index (χ2n) is 6.79. The fraction of sp³-hybridized carbons (Fsp3) is 0.167. The van der Waals surface area contributed by atoms with Crippen molar-refractivity contribution in [2.45, 2.75) is 11.8 Å². The van der Waals surface area contributed by atoms with Crippen LogP contribution >= 0.6 is 0 Å². The molecule has 0 saturated heterocycles. The first kappa shape index (κ1) is 23.8. The summed E-state index contributed by atoms with van der Waals surface area (Å²) in [5.74, 6) is 0.560. The number of sulfonamides is 1. The molecule has 0 bridgehead atoms. The number of anilines is 1. The van der Waals surface area contributed by atoms with Crippen molar-refractivity contribution < 1.29 is 22.7 Å². The first-order chi connectivity index (χ1) is 16.0. The quantitative estimate of drug-likeness (QED) is 0.364. The van der Waals surface area contributed by atoms with Gasteiger partial charge in [-0.25, -0.2) is 13.8 Å². The van der Waals surface area contributed by atoms with E-state index in [-0.39, 0.29) is 4.90 Å². The highest BCUT2D eigenvalue weighted by molar-refractivity contribution is 7.92. The highest BCUT2D eigenvalue weighted by Crippen LogP contribution is 2.25. The first-order valence-corrected chi connectivity index (χ1v) is 11.6. The molecule has 0 aromatic heterocycles. The number of methoxy groups -OCH3 is 1. The predicted molar refractivity (Wildman–Crippen MR) is 127 cm³/mol. The van der Waals surface area contributed by atoms with Crippen molar-refractivity contribution in [1.29, 1.82) is 0 Å². The third-order valence-electron chi connectivity index (χ3n) is 4.59. The molecular formula is C24H25N3O5S. The van der Waals surface area contributed by atoms with E-state index in [1.807, 2.05) is 19.1 Å². The van der Waals surface area contributed by atoms with Crippen molar-refractivity contribution >= 4 is 27.8 Å². The van der Waals surface area contributed by atoms with Crippen LogP contribution in [0.25, 0.3) is 0 Å². The van der Waals surface area contributed by atoms with E-state index in [4.69, 9.17) is 9.47 Å². The molecule has 0 aliphatic heterocycles. The Morgan fingerprint density at radius 2 is 1.67 bits per heavy atom. The van der Waals surface area contributed by atoms with Crippen LogP contribution in [-0.2, 0) is 14.8 Å². The Morgan fingerprint density at radius 3 is 2.33 bits per heavy atom. The molecule has 33 heavy (non-hydrogen) atoms. The lowest BCUT2D eigenvalue weighted by atomic mass is 10.2. The van der Waals surface area contributed by atoms with E-state index in [0.29, 0.717) is 29.4 Å². The number of carbonyl (C=O) groups excluding carboxylic acids is 1. The first-order valence-electron chi connectivity index (χ1n) is 10.2. The molecule has 1 amide bonds. The van der Waals surface area contributed by atoms with Crippen molar-refractivity contribution in [3.05, 3.63) is 84.4 Å². The maximum Gasteiger partial charge on any atom is 0.264 e. The lowest BCUT2D eigenvalue weighted by molar-refractivity contribution is -0.119. The van der Waals surface area contributed by atoms with E-state index in [0.717, 1.165) is 4.31 Å². The van der Waals surface area contributed by atoms with Crippen molar-refractivity contribution in [3.63, 3.8) is 0 Å². The lowest BCUT2D eigenvalue weighted by Gasteiger charge is -2.23. The summed E-state index contributed by atoms with van der Waals surface area (Å²) in [5, 5.41) is 3.94. The van der Waals surface area contributed by atoms with Crippen LogP contribution in [0.15, 0.2) is 88.9 Å². The Morgan fingerprint density at radius 1 is 1.00 bits per heavy atom. The average molecular weight is 468 g/mol. The highest BCUT2D eigenvalue weighted by Gasteiger charge is 2.27. The molecule has 0 saturated carbocycles. The van der Waals surface area contributed by atoms with Gasteiger partial charge in [0.05, 0.1) is 30.5 Å². The van der Waals surface area contributed by atoms with Gasteiger partial charge in [0.1, 0.15) is 18.0 Å². The van der Waals surface area contributed by atoms with Gasteiger partial charge in [0, 0.05) is 5.56 Å². The number of nitrogens with one attached hydrogen (secondary N) is 1. The molecule has 8 nitrogen and oxygen atoms in total. The lowest BCUT2D eigenvalue weighted by Crippen LogP contribution is -2.39. The summed E-state index contributed by atoms with van der Waals surface area (Å²) in [7, 11) is -2.49. The third kappa shape index (κ3) is 6.11. The van der Waals surface area contributed by atoms with Crippen LogP contribution in [0.1, 0.15) is 12.5 Å². The van der Waals surface area contributed by atoms with Crippen LogP contribution in [-0.4, -0.2) is 40.8 Å². The minimum atomic E-state index is -4.02. The standard InChI is InChI=1S/C24H25N3O5S/c1-3-32-21-13-15-22(16-14-21)33(29,30)27(20-10-5-4-6-11-20)18-24(28)26-25-17-19-9-7-8-12-23(19)31-2/h4-17H,3,18H2,1-2H3,(H,26,28)/b25-17-. The SMILES string of the molecule is CCOc1ccc(S(=O)(=O)N(CC(=O)N/N=C\c2ccccc2OC)c2ccccc2)cc1. The topological polar surface area (TPSA) is 97.3 Å². The van der Waals surface area contributed by atoms with Crippen molar-refractivity contribution in [2.75, 3.05) is 24.6 Å². The second-order valence-corrected chi connectivity index (χ2v) is 8.65. The number of benzene rings is 3. The number of carbonyl (C=O) groups is 1. The summed E-state index contributed by atoms with van der Waals surface area (Å²) < 4.78 is 38.4. The minimum absolute atomic E-state index is 0.0418. The fourth-order valence-corrected chi connectivity index (χ4v) is 4.44. The average Bonchev–Trinajstić information content (AvgIpc) is 2.84. The molecule has 3 aromatic carbocycles. The molecular weight excluding hydrogens is 442 g/mol. The van der Waals surface area contributed by atoms with Gasteiger partial charge in [0.2, 0.25) is 0 Å². The van der Waals surface area contributed by atoms with Crippen LogP contribution in [0.2, 0.25) is 0 Å². The molecule has 0 aliphatic carbocycles. The Balaban J connectivity index is 1.81. The van der Waals surface area contributed by atoms with Crippen molar-refractivity contribution in [3.8, 4) is 11.5 Å². The number of nitrogens with zero attached hydrogens (tertiary/aromatic N) is 2. The van der Waals surface area contributed by atoms with Gasteiger partial charge >= 0.3 is 0 Å². The summed E-state index contributed by atoms with van der Waals surface area (Å²) in [5.41, 5.74) is 3.41. The Kier molecular flexibility index (Phi) is 8.04. The summed E-state index contributed by atoms with van der Waals surface area (Å²) in [6, 6.07) is 21.7. The van der Waals surface area contributed by atoms with Crippen LogP contribution in [0.4, 0.5) is 5.69 Å². The number of rotatable bonds is 10. The molecule has 1 N–H and O–H groups in total. The van der Waals surface area contributed by atoms with E-state index in [9.17, 15) is 13.2 Å². The molecule has 0 atom stereocenters. The zero-order chi connectivity index (χ0) is 23.7. The van der Waals surface area contributed by atoms with Crippen LogP contribution in [0.5, 0.6) is 11.5 Å². The van der Waals surface area contributed by atoms with Crippen LogP contribution < -0.4 is 19.2 Å². The second kappa shape index (κ2) is 11.1. The molecule has 0 aliphatic rings. The predicted octanol–water partition coefficient (Wildman–Crippen LogP) is 3.44. The van der Waals surface area contributed by atoms with E-state index in [1.54, 1.807) is 54.6 Å². The fourth-order valence-electron chi connectivity index (χ4n) is 3.02. The van der Waals surface area contributed by atoms with Gasteiger partial charge in [-0.05, 0) is 55.5 Å². The maximum absolute atomic E-state index is 13.4. The monoisotopic (exact) mass is 467 g/mol. The van der Waals surface area contributed by atoms with Crippen molar-refractivity contribution in [2.24, 2.45) is 5.10 Å². The van der Waals surface area contributed by atoms with Gasteiger partial charge in [-0.3, -0.25) is 9.10 Å². The zero-order valence-corrected chi connectivity index (χ0v) is 19.2. The van der Waals surface area contributed by atoms with E-state index in [1.165, 1.54) is 25.5 Å². The van der Waals surface area contributed by atoms with Gasteiger partial charge in [-0.15, -0.1) is 0 Å². The third-order valence-corrected chi connectivity index (χ3v) is 6.37. The number of hydrogen-bond acceptors (Lipinski definition) is 6. The van der Waals surface area contributed by atoms with Gasteiger partial charge in [0.15, 0.2) is 0 Å². The molecule has 9 heteroatoms. The minimum Gasteiger partial charge on any atom is -0.496 e. The number of para-hydroxylation sites is 2.